The molecule has 0 saturated carbocycles. The molecule has 0 bridgehead atoms. The average molecular weight is 362 g/mol. The molecule has 0 unspecified atom stereocenters. The summed E-state index contributed by atoms with van der Waals surface area (Å²) < 4.78 is 5.25. The topological polar surface area (TPSA) is 94.3 Å². The number of ether oxygens (including phenoxy) is 1. The van der Waals surface area contributed by atoms with E-state index in [1.54, 1.807) is 13.2 Å². The standard InChI is InChI=1S/C19H18N6O2/c1-27-17-12-6-5-8-15(17)11-7-13-20-21-18(26)14-25-23-19(22-24-25)16-9-3-2-4-10-16/h2-13H,14H2,1H3,(H,21,26)/b11-7+,20-13-. The van der Waals surface area contributed by atoms with Crippen LogP contribution in [0.15, 0.2) is 65.8 Å². The molecule has 27 heavy (non-hydrogen) atoms. The number of amides is 1. The van der Waals surface area contributed by atoms with Gasteiger partial charge in [-0.3, -0.25) is 4.79 Å². The maximum atomic E-state index is 11.9. The highest BCUT2D eigenvalue weighted by atomic mass is 16.5. The first-order valence-electron chi connectivity index (χ1n) is 8.21. The van der Waals surface area contributed by atoms with Crippen molar-refractivity contribution in [2.24, 2.45) is 5.10 Å². The molecule has 0 saturated heterocycles. The largest absolute Gasteiger partial charge is 0.496 e. The van der Waals surface area contributed by atoms with Gasteiger partial charge in [0.05, 0.1) is 7.11 Å². The number of benzene rings is 2. The highest BCUT2D eigenvalue weighted by molar-refractivity contribution is 5.81. The van der Waals surface area contributed by atoms with E-state index in [0.29, 0.717) is 5.82 Å². The summed E-state index contributed by atoms with van der Waals surface area (Å²) in [7, 11) is 1.61. The van der Waals surface area contributed by atoms with Crippen molar-refractivity contribution in [3.05, 3.63) is 66.2 Å². The molecule has 0 fully saturated rings. The van der Waals surface area contributed by atoms with Crippen molar-refractivity contribution in [1.29, 1.82) is 0 Å². The van der Waals surface area contributed by atoms with Crippen molar-refractivity contribution in [3.63, 3.8) is 0 Å². The van der Waals surface area contributed by atoms with Crippen molar-refractivity contribution in [3.8, 4) is 17.1 Å². The first kappa shape index (κ1) is 18.0. The number of carbonyl (C=O) groups is 1. The van der Waals surface area contributed by atoms with Crippen LogP contribution >= 0.6 is 0 Å². The molecule has 0 aliphatic carbocycles. The third-order valence-electron chi connectivity index (χ3n) is 3.53. The number of aromatic nitrogens is 4. The molecule has 3 aromatic rings. The third kappa shape index (κ3) is 5.08. The van der Waals surface area contributed by atoms with E-state index in [2.05, 4.69) is 25.9 Å². The van der Waals surface area contributed by atoms with Gasteiger partial charge < -0.3 is 4.74 Å². The molecule has 0 radical (unpaired) electrons. The number of allylic oxidation sites excluding steroid dienone is 1. The van der Waals surface area contributed by atoms with E-state index < -0.39 is 0 Å². The lowest BCUT2D eigenvalue weighted by Crippen LogP contribution is -2.24. The smallest absolute Gasteiger partial charge is 0.263 e. The zero-order valence-corrected chi connectivity index (χ0v) is 14.7. The summed E-state index contributed by atoms with van der Waals surface area (Å²) in [6, 6.07) is 17.0. The number of nitrogens with one attached hydrogen (secondary N) is 1. The van der Waals surface area contributed by atoms with Crippen LogP contribution in [0.2, 0.25) is 0 Å². The molecule has 1 amide bonds. The number of carbonyl (C=O) groups excluding carboxylic acids is 1. The van der Waals surface area contributed by atoms with Gasteiger partial charge in [-0.25, -0.2) is 5.43 Å². The highest BCUT2D eigenvalue weighted by Gasteiger charge is 2.08. The molecule has 1 heterocycles. The Balaban J connectivity index is 1.50. The van der Waals surface area contributed by atoms with Gasteiger partial charge in [0.25, 0.3) is 5.91 Å². The van der Waals surface area contributed by atoms with E-state index in [1.807, 2.05) is 60.7 Å². The molecule has 3 rings (SSSR count). The summed E-state index contributed by atoms with van der Waals surface area (Å²) in [4.78, 5) is 13.1. The number of para-hydroxylation sites is 1. The summed E-state index contributed by atoms with van der Waals surface area (Å²) in [6.45, 7) is -0.0760. The van der Waals surface area contributed by atoms with Crippen molar-refractivity contribution >= 4 is 18.2 Å². The van der Waals surface area contributed by atoms with E-state index in [4.69, 9.17) is 4.74 Å². The number of tetrazole rings is 1. The molecule has 0 aliphatic rings. The molecule has 1 aromatic heterocycles. The van der Waals surface area contributed by atoms with Crippen LogP contribution in [0.4, 0.5) is 0 Å². The van der Waals surface area contributed by atoms with Crippen molar-refractivity contribution in [1.82, 2.24) is 25.6 Å². The van der Waals surface area contributed by atoms with Gasteiger partial charge in [0.15, 0.2) is 0 Å². The van der Waals surface area contributed by atoms with Gasteiger partial charge in [-0.2, -0.15) is 9.90 Å². The van der Waals surface area contributed by atoms with Crippen LogP contribution in [-0.4, -0.2) is 39.4 Å². The fraction of sp³-hybridized carbons (Fsp3) is 0.105. The molecule has 8 heteroatoms. The zero-order valence-electron chi connectivity index (χ0n) is 14.7. The molecule has 0 spiro atoms. The quantitative estimate of drug-likeness (QED) is 0.513. The van der Waals surface area contributed by atoms with Crippen LogP contribution in [0, 0.1) is 0 Å². The lowest BCUT2D eigenvalue weighted by atomic mass is 10.2. The summed E-state index contributed by atoms with van der Waals surface area (Å²) >= 11 is 0. The van der Waals surface area contributed by atoms with Crippen LogP contribution in [0.5, 0.6) is 5.75 Å². The Morgan fingerprint density at radius 1 is 1.19 bits per heavy atom. The van der Waals surface area contributed by atoms with Gasteiger partial charge in [-0.05, 0) is 23.4 Å². The molecule has 8 nitrogen and oxygen atoms in total. The molecular weight excluding hydrogens is 344 g/mol. The minimum atomic E-state index is -0.353. The van der Waals surface area contributed by atoms with Gasteiger partial charge in [-0.15, -0.1) is 10.2 Å². The predicted molar refractivity (Wildman–Crippen MR) is 102 cm³/mol. The third-order valence-corrected chi connectivity index (χ3v) is 3.53. The van der Waals surface area contributed by atoms with Crippen LogP contribution in [0.1, 0.15) is 5.56 Å². The second-order valence-electron chi connectivity index (χ2n) is 5.42. The van der Waals surface area contributed by atoms with Crippen LogP contribution in [0.25, 0.3) is 17.5 Å². The number of rotatable bonds is 7. The Morgan fingerprint density at radius 3 is 2.78 bits per heavy atom. The Kier molecular flexibility index (Phi) is 6.03. The van der Waals surface area contributed by atoms with E-state index in [-0.39, 0.29) is 12.5 Å². The first-order valence-corrected chi connectivity index (χ1v) is 8.21. The molecule has 0 aliphatic heterocycles. The van der Waals surface area contributed by atoms with Gasteiger partial charge in [0.1, 0.15) is 12.3 Å². The Labute approximate surface area is 156 Å². The minimum Gasteiger partial charge on any atom is -0.496 e. The van der Waals surface area contributed by atoms with Crippen LogP contribution in [0.3, 0.4) is 0 Å². The van der Waals surface area contributed by atoms with Crippen molar-refractivity contribution in [2.45, 2.75) is 6.54 Å². The van der Waals surface area contributed by atoms with Gasteiger partial charge in [0, 0.05) is 17.3 Å². The summed E-state index contributed by atoms with van der Waals surface area (Å²) in [5, 5.41) is 15.8. The maximum Gasteiger partial charge on any atom is 0.263 e. The highest BCUT2D eigenvalue weighted by Crippen LogP contribution is 2.18. The maximum absolute atomic E-state index is 11.9. The second kappa shape index (κ2) is 9.04. The second-order valence-corrected chi connectivity index (χ2v) is 5.42. The lowest BCUT2D eigenvalue weighted by Gasteiger charge is -2.02. The van der Waals surface area contributed by atoms with E-state index in [0.717, 1.165) is 16.9 Å². The fourth-order valence-corrected chi connectivity index (χ4v) is 2.28. The fourth-order valence-electron chi connectivity index (χ4n) is 2.28. The molecular formula is C19H18N6O2. The summed E-state index contributed by atoms with van der Waals surface area (Å²) in [5.74, 6) is 0.873. The van der Waals surface area contributed by atoms with Crippen molar-refractivity contribution in [2.75, 3.05) is 7.11 Å². The summed E-state index contributed by atoms with van der Waals surface area (Å²) in [6.07, 6.45) is 5.02. The minimum absolute atomic E-state index is 0.0760. The number of hydrazone groups is 1. The van der Waals surface area contributed by atoms with Crippen molar-refractivity contribution < 1.29 is 9.53 Å². The average Bonchev–Trinajstić information content (AvgIpc) is 3.17. The Bertz CT molecular complexity index is 950. The number of methoxy groups -OCH3 is 1. The van der Waals surface area contributed by atoms with E-state index in [1.165, 1.54) is 11.0 Å². The molecule has 136 valence electrons. The first-order chi connectivity index (χ1) is 13.3. The van der Waals surface area contributed by atoms with E-state index >= 15 is 0 Å². The van der Waals surface area contributed by atoms with Crippen LogP contribution in [-0.2, 0) is 11.3 Å². The Hall–Kier alpha value is -3.81. The summed E-state index contributed by atoms with van der Waals surface area (Å²) in [5.41, 5.74) is 4.17. The van der Waals surface area contributed by atoms with Crippen LogP contribution < -0.4 is 10.2 Å². The van der Waals surface area contributed by atoms with Gasteiger partial charge >= 0.3 is 0 Å². The van der Waals surface area contributed by atoms with E-state index in [9.17, 15) is 4.79 Å². The zero-order chi connectivity index (χ0) is 18.9. The molecule has 1 N–H and O–H groups in total. The molecule has 0 atom stereocenters. The normalized spacial score (nSPS) is 11.1. The molecule has 2 aromatic carbocycles. The Morgan fingerprint density at radius 2 is 1.96 bits per heavy atom. The van der Waals surface area contributed by atoms with Gasteiger partial charge in [0.2, 0.25) is 5.82 Å². The number of hydrogen-bond acceptors (Lipinski definition) is 6. The number of hydrogen-bond donors (Lipinski definition) is 1. The number of nitrogens with zero attached hydrogens (tertiary/aromatic N) is 5. The predicted octanol–water partition coefficient (Wildman–Crippen LogP) is 2.16. The SMILES string of the molecule is COc1ccccc1/C=C/C=N\NC(=O)Cn1nnc(-c2ccccc2)n1. The lowest BCUT2D eigenvalue weighted by molar-refractivity contribution is -0.122. The monoisotopic (exact) mass is 362 g/mol. The van der Waals surface area contributed by atoms with Gasteiger partial charge in [-0.1, -0.05) is 48.5 Å².